The van der Waals surface area contributed by atoms with Gasteiger partial charge in [-0.2, -0.15) is 11.8 Å². The Balaban J connectivity index is 1.72. The number of nitrogens with one attached hydrogen (secondary N) is 1. The van der Waals surface area contributed by atoms with Gasteiger partial charge in [0, 0.05) is 51.3 Å². The number of hydrogen-bond acceptors (Lipinski definition) is 4. The highest BCUT2D eigenvalue weighted by atomic mass is 32.2. The third-order valence-corrected chi connectivity index (χ3v) is 9.14. The molecule has 1 spiro atoms. The molecule has 1 saturated heterocycles. The van der Waals surface area contributed by atoms with E-state index in [2.05, 4.69) is 27.0 Å². The molecule has 1 N–H and O–H groups in total. The first-order valence-corrected chi connectivity index (χ1v) is 12.4. The number of aliphatic imine (C=N–C) groups is 1. The smallest absolute Gasteiger partial charge is 0.242 e. The van der Waals surface area contributed by atoms with Gasteiger partial charge >= 0.3 is 0 Å². The predicted octanol–water partition coefficient (Wildman–Crippen LogP) is 2.76. The van der Waals surface area contributed by atoms with Crippen molar-refractivity contribution in [2.75, 3.05) is 40.0 Å². The van der Waals surface area contributed by atoms with Crippen LogP contribution in [0.25, 0.3) is 0 Å². The van der Waals surface area contributed by atoms with Gasteiger partial charge in [0.15, 0.2) is 5.96 Å². The third-order valence-electron chi connectivity index (χ3n) is 5.69. The lowest BCUT2D eigenvalue weighted by Crippen LogP contribution is -2.53. The molecule has 2 fully saturated rings. The van der Waals surface area contributed by atoms with Crippen molar-refractivity contribution in [1.82, 2.24) is 14.5 Å². The molecule has 1 aromatic rings. The molecule has 2 aliphatic rings. The van der Waals surface area contributed by atoms with E-state index in [0.717, 1.165) is 30.4 Å². The van der Waals surface area contributed by atoms with Gasteiger partial charge in [-0.05, 0) is 24.5 Å². The fourth-order valence-corrected chi connectivity index (χ4v) is 6.81. The number of nitrogens with zero attached hydrogens (tertiary/aromatic N) is 3. The molecular formula is C20H32N4O2S2. The monoisotopic (exact) mass is 424 g/mol. The summed E-state index contributed by atoms with van der Waals surface area (Å²) in [7, 11) is 1.46. The molecule has 1 heterocycles. The van der Waals surface area contributed by atoms with Crippen LogP contribution >= 0.6 is 11.8 Å². The van der Waals surface area contributed by atoms with Crippen molar-refractivity contribution in [2.24, 2.45) is 4.99 Å². The first-order valence-electron chi connectivity index (χ1n) is 9.98. The second-order valence-corrected chi connectivity index (χ2v) is 11.5. The lowest BCUT2D eigenvalue weighted by atomic mass is 9.87. The zero-order valence-corrected chi connectivity index (χ0v) is 18.8. The van der Waals surface area contributed by atoms with Crippen molar-refractivity contribution in [3.63, 3.8) is 0 Å². The van der Waals surface area contributed by atoms with E-state index in [-0.39, 0.29) is 0 Å². The second-order valence-electron chi connectivity index (χ2n) is 7.81. The Morgan fingerprint density at radius 1 is 1.25 bits per heavy atom. The van der Waals surface area contributed by atoms with Crippen molar-refractivity contribution in [1.29, 1.82) is 0 Å². The normalized spacial score (nSPS) is 20.6. The number of hydrogen-bond donors (Lipinski definition) is 1. The lowest BCUT2D eigenvalue weighted by molar-refractivity contribution is 0.293. The summed E-state index contributed by atoms with van der Waals surface area (Å²) in [5, 5.41) is 3.41. The molecule has 1 saturated carbocycles. The third kappa shape index (κ3) is 4.66. The van der Waals surface area contributed by atoms with E-state index in [0.29, 0.717) is 16.2 Å². The first-order chi connectivity index (χ1) is 13.4. The molecule has 28 heavy (non-hydrogen) atoms. The molecule has 8 heteroatoms. The molecule has 1 aliphatic carbocycles. The highest BCUT2D eigenvalue weighted by Gasteiger charge is 2.38. The molecule has 0 radical (unpaired) electrons. The summed E-state index contributed by atoms with van der Waals surface area (Å²) < 4.78 is 26.9. The zero-order chi connectivity index (χ0) is 20.2. The number of rotatable bonds is 4. The Labute approximate surface area is 173 Å². The number of thioether (sulfide) groups is 1. The van der Waals surface area contributed by atoms with Crippen molar-refractivity contribution in [3.05, 3.63) is 29.8 Å². The topological polar surface area (TPSA) is 65.0 Å². The molecule has 6 nitrogen and oxygen atoms in total. The molecule has 0 bridgehead atoms. The Morgan fingerprint density at radius 2 is 1.96 bits per heavy atom. The van der Waals surface area contributed by atoms with E-state index in [1.807, 2.05) is 12.1 Å². The van der Waals surface area contributed by atoms with Gasteiger partial charge in [-0.1, -0.05) is 37.5 Å². The van der Waals surface area contributed by atoms with Crippen LogP contribution in [0.1, 0.15) is 37.7 Å². The van der Waals surface area contributed by atoms with Crippen molar-refractivity contribution >= 4 is 27.7 Å². The van der Waals surface area contributed by atoms with E-state index in [9.17, 15) is 8.42 Å². The minimum absolute atomic E-state index is 0.348. The van der Waals surface area contributed by atoms with Crippen molar-refractivity contribution in [3.8, 4) is 0 Å². The minimum atomic E-state index is -3.47. The standard InChI is InChI=1S/C20H32N4O2S2/c1-21-19(24-13-14-27-20(16-24)11-7-4-8-12-20)22-15-17-9-5-6-10-18(17)28(25,26)23(2)3/h5-6,9-10H,4,7-8,11-16H2,1-3H3,(H,21,22). The molecule has 1 aromatic carbocycles. The molecule has 0 unspecified atom stereocenters. The van der Waals surface area contributed by atoms with Crippen LogP contribution in [0.4, 0.5) is 0 Å². The second kappa shape index (κ2) is 9.05. The van der Waals surface area contributed by atoms with Gasteiger partial charge in [-0.25, -0.2) is 12.7 Å². The van der Waals surface area contributed by atoms with Crippen LogP contribution < -0.4 is 5.32 Å². The minimum Gasteiger partial charge on any atom is -0.352 e. The van der Waals surface area contributed by atoms with E-state index in [4.69, 9.17) is 0 Å². The van der Waals surface area contributed by atoms with E-state index in [1.165, 1.54) is 36.4 Å². The zero-order valence-electron chi connectivity index (χ0n) is 17.1. The highest BCUT2D eigenvalue weighted by Crippen LogP contribution is 2.42. The van der Waals surface area contributed by atoms with Crippen LogP contribution in [0.2, 0.25) is 0 Å². The van der Waals surface area contributed by atoms with Crippen molar-refractivity contribution < 1.29 is 8.42 Å². The van der Waals surface area contributed by atoms with Gasteiger partial charge in [0.1, 0.15) is 0 Å². The summed E-state index contributed by atoms with van der Waals surface area (Å²) in [5.41, 5.74) is 0.760. The lowest BCUT2D eigenvalue weighted by Gasteiger charge is -2.45. The summed E-state index contributed by atoms with van der Waals surface area (Å²) >= 11 is 2.13. The fraction of sp³-hybridized carbons (Fsp3) is 0.650. The maximum Gasteiger partial charge on any atom is 0.242 e. The SMILES string of the molecule is CN=C(NCc1ccccc1S(=O)(=O)N(C)C)N1CCSC2(CCCCC2)C1. The number of benzene rings is 1. The maximum atomic E-state index is 12.6. The summed E-state index contributed by atoms with van der Waals surface area (Å²) in [6, 6.07) is 7.18. The van der Waals surface area contributed by atoms with Gasteiger partial charge in [0.2, 0.25) is 10.0 Å². The summed E-state index contributed by atoms with van der Waals surface area (Å²) in [6.45, 7) is 2.44. The van der Waals surface area contributed by atoms with Crippen molar-refractivity contribution in [2.45, 2.75) is 48.3 Å². The van der Waals surface area contributed by atoms with Gasteiger partial charge in [-0.3, -0.25) is 4.99 Å². The quantitative estimate of drug-likeness (QED) is 0.595. The van der Waals surface area contributed by atoms with Crippen LogP contribution in [0.3, 0.4) is 0 Å². The van der Waals surface area contributed by atoms with E-state index < -0.39 is 10.0 Å². The highest BCUT2D eigenvalue weighted by molar-refractivity contribution is 8.00. The average Bonchev–Trinajstić information content (AvgIpc) is 2.69. The average molecular weight is 425 g/mol. The van der Waals surface area contributed by atoms with Crippen LogP contribution in [0, 0.1) is 0 Å². The van der Waals surface area contributed by atoms with Gasteiger partial charge in [-0.15, -0.1) is 0 Å². The summed E-state index contributed by atoms with van der Waals surface area (Å²) in [5.74, 6) is 1.98. The van der Waals surface area contributed by atoms with Gasteiger partial charge in [0.25, 0.3) is 0 Å². The summed E-state index contributed by atoms with van der Waals surface area (Å²) in [6.07, 6.45) is 6.57. The predicted molar refractivity (Wildman–Crippen MR) is 117 cm³/mol. The Kier molecular flexibility index (Phi) is 6.94. The molecule has 0 aromatic heterocycles. The van der Waals surface area contributed by atoms with Crippen LogP contribution in [-0.4, -0.2) is 68.3 Å². The number of guanidine groups is 1. The van der Waals surface area contributed by atoms with Crippen LogP contribution in [0.5, 0.6) is 0 Å². The Hall–Kier alpha value is -1.25. The van der Waals surface area contributed by atoms with Crippen LogP contribution in [-0.2, 0) is 16.6 Å². The largest absolute Gasteiger partial charge is 0.352 e. The number of sulfonamides is 1. The first kappa shape index (κ1) is 21.5. The fourth-order valence-electron chi connectivity index (χ4n) is 4.13. The Bertz CT molecular complexity index is 797. The van der Waals surface area contributed by atoms with Crippen LogP contribution in [0.15, 0.2) is 34.2 Å². The van der Waals surface area contributed by atoms with E-state index in [1.54, 1.807) is 33.3 Å². The van der Waals surface area contributed by atoms with Gasteiger partial charge in [0.05, 0.1) is 4.90 Å². The summed E-state index contributed by atoms with van der Waals surface area (Å²) in [4.78, 5) is 7.19. The molecule has 1 aliphatic heterocycles. The molecule has 0 amide bonds. The van der Waals surface area contributed by atoms with Gasteiger partial charge < -0.3 is 10.2 Å². The van der Waals surface area contributed by atoms with E-state index >= 15 is 0 Å². The molecule has 156 valence electrons. The molecule has 3 rings (SSSR count). The molecule has 0 atom stereocenters. The Morgan fingerprint density at radius 3 is 2.64 bits per heavy atom. The maximum absolute atomic E-state index is 12.6. The molecular weight excluding hydrogens is 392 g/mol.